The Morgan fingerprint density at radius 1 is 1.24 bits per heavy atom. The lowest BCUT2D eigenvalue weighted by Gasteiger charge is -2.18. The molecule has 0 radical (unpaired) electrons. The summed E-state index contributed by atoms with van der Waals surface area (Å²) in [4.78, 5) is 12.4. The van der Waals surface area contributed by atoms with Crippen LogP contribution in [0.25, 0.3) is 10.8 Å². The van der Waals surface area contributed by atoms with Gasteiger partial charge in [0.15, 0.2) is 0 Å². The van der Waals surface area contributed by atoms with E-state index in [1.807, 2.05) is 24.3 Å². The van der Waals surface area contributed by atoms with Gasteiger partial charge in [-0.1, -0.05) is 30.3 Å². The van der Waals surface area contributed by atoms with Gasteiger partial charge >= 0.3 is 0 Å². The molecule has 4 nitrogen and oxygen atoms in total. The summed E-state index contributed by atoms with van der Waals surface area (Å²) in [5, 5.41) is 23.9. The average molecular weight is 285 g/mol. The number of nitrogens with one attached hydrogen (secondary N) is 1. The SMILES string of the molecule is O=C(NC(CCO)C1CC1)c1ccc2ccccc2c1O. The molecule has 1 amide bonds. The van der Waals surface area contributed by atoms with Crippen molar-refractivity contribution in [1.82, 2.24) is 5.32 Å². The average Bonchev–Trinajstić information content (AvgIpc) is 3.32. The lowest BCUT2D eigenvalue weighted by molar-refractivity contribution is 0.0922. The van der Waals surface area contributed by atoms with E-state index in [0.29, 0.717) is 17.7 Å². The van der Waals surface area contributed by atoms with E-state index in [0.717, 1.165) is 18.2 Å². The number of aliphatic hydroxyl groups is 1. The van der Waals surface area contributed by atoms with Crippen molar-refractivity contribution in [3.05, 3.63) is 42.0 Å². The first-order chi connectivity index (χ1) is 10.2. The topological polar surface area (TPSA) is 69.6 Å². The van der Waals surface area contributed by atoms with E-state index in [2.05, 4.69) is 5.32 Å². The Kier molecular flexibility index (Phi) is 3.80. The fourth-order valence-corrected chi connectivity index (χ4v) is 2.75. The quantitative estimate of drug-likeness (QED) is 0.790. The van der Waals surface area contributed by atoms with Gasteiger partial charge in [0.1, 0.15) is 5.75 Å². The zero-order valence-corrected chi connectivity index (χ0v) is 11.7. The molecule has 0 bridgehead atoms. The molecule has 1 saturated carbocycles. The maximum atomic E-state index is 12.4. The number of carbonyl (C=O) groups is 1. The Balaban J connectivity index is 1.85. The molecular weight excluding hydrogens is 266 g/mol. The van der Waals surface area contributed by atoms with Crippen LogP contribution in [-0.2, 0) is 0 Å². The molecule has 3 rings (SSSR count). The van der Waals surface area contributed by atoms with Gasteiger partial charge in [-0.3, -0.25) is 4.79 Å². The molecule has 1 aliphatic rings. The lowest BCUT2D eigenvalue weighted by atomic mass is 10.0. The van der Waals surface area contributed by atoms with Crippen molar-refractivity contribution in [1.29, 1.82) is 0 Å². The van der Waals surface area contributed by atoms with E-state index < -0.39 is 0 Å². The van der Waals surface area contributed by atoms with Crippen molar-refractivity contribution in [2.45, 2.75) is 25.3 Å². The molecule has 1 fully saturated rings. The van der Waals surface area contributed by atoms with Crippen molar-refractivity contribution >= 4 is 16.7 Å². The summed E-state index contributed by atoms with van der Waals surface area (Å²) in [6.45, 7) is 0.0607. The van der Waals surface area contributed by atoms with Gasteiger partial charge in [0, 0.05) is 18.0 Å². The van der Waals surface area contributed by atoms with E-state index in [9.17, 15) is 9.90 Å². The van der Waals surface area contributed by atoms with Crippen LogP contribution in [0.15, 0.2) is 36.4 Å². The van der Waals surface area contributed by atoms with E-state index in [1.165, 1.54) is 0 Å². The summed E-state index contributed by atoms with van der Waals surface area (Å²) in [6, 6.07) is 10.9. The van der Waals surface area contributed by atoms with Gasteiger partial charge in [0.2, 0.25) is 0 Å². The van der Waals surface area contributed by atoms with E-state index in [1.54, 1.807) is 12.1 Å². The third kappa shape index (κ3) is 2.85. The summed E-state index contributed by atoms with van der Waals surface area (Å²) in [7, 11) is 0. The minimum atomic E-state index is -0.274. The largest absolute Gasteiger partial charge is 0.506 e. The second-order valence-corrected chi connectivity index (χ2v) is 5.61. The van der Waals surface area contributed by atoms with Crippen molar-refractivity contribution in [3.63, 3.8) is 0 Å². The van der Waals surface area contributed by atoms with Gasteiger partial charge in [-0.25, -0.2) is 0 Å². The molecule has 4 heteroatoms. The number of rotatable bonds is 5. The molecule has 1 atom stereocenters. The van der Waals surface area contributed by atoms with Crippen LogP contribution in [0, 0.1) is 5.92 Å². The number of aliphatic hydroxyl groups excluding tert-OH is 1. The molecule has 0 heterocycles. The van der Waals surface area contributed by atoms with E-state index in [4.69, 9.17) is 5.11 Å². The van der Waals surface area contributed by atoms with Crippen LogP contribution < -0.4 is 5.32 Å². The highest BCUT2D eigenvalue weighted by Gasteiger charge is 2.32. The summed E-state index contributed by atoms with van der Waals surface area (Å²) in [5.41, 5.74) is 0.289. The molecule has 1 unspecified atom stereocenters. The molecule has 110 valence electrons. The predicted molar refractivity (Wildman–Crippen MR) is 81.3 cm³/mol. The van der Waals surface area contributed by atoms with Crippen LogP contribution in [0.4, 0.5) is 0 Å². The van der Waals surface area contributed by atoms with Gasteiger partial charge < -0.3 is 15.5 Å². The number of phenolic OH excluding ortho intramolecular Hbond substituents is 1. The van der Waals surface area contributed by atoms with Crippen molar-refractivity contribution in [3.8, 4) is 5.75 Å². The number of benzene rings is 2. The third-order valence-electron chi connectivity index (χ3n) is 4.09. The fourth-order valence-electron chi connectivity index (χ4n) is 2.75. The number of aromatic hydroxyl groups is 1. The highest BCUT2D eigenvalue weighted by atomic mass is 16.3. The minimum absolute atomic E-state index is 0.00614. The van der Waals surface area contributed by atoms with Gasteiger partial charge in [-0.05, 0) is 36.6 Å². The van der Waals surface area contributed by atoms with Crippen LogP contribution in [0.3, 0.4) is 0 Å². The number of hydrogen-bond donors (Lipinski definition) is 3. The Hall–Kier alpha value is -2.07. The number of hydrogen-bond acceptors (Lipinski definition) is 3. The molecule has 2 aromatic rings. The number of carbonyl (C=O) groups excluding carboxylic acids is 1. The van der Waals surface area contributed by atoms with Crippen molar-refractivity contribution in [2.75, 3.05) is 6.61 Å². The molecular formula is C17H19NO3. The Morgan fingerprint density at radius 3 is 2.71 bits per heavy atom. The van der Waals surface area contributed by atoms with Crippen LogP contribution in [0.1, 0.15) is 29.6 Å². The summed E-state index contributed by atoms with van der Waals surface area (Å²) < 4.78 is 0. The monoisotopic (exact) mass is 285 g/mol. The Morgan fingerprint density at radius 2 is 2.00 bits per heavy atom. The van der Waals surface area contributed by atoms with Gasteiger partial charge in [-0.2, -0.15) is 0 Å². The number of amides is 1. The molecule has 21 heavy (non-hydrogen) atoms. The molecule has 2 aromatic carbocycles. The molecule has 0 aliphatic heterocycles. The van der Waals surface area contributed by atoms with Gasteiger partial charge in [0.05, 0.1) is 5.56 Å². The fraction of sp³-hybridized carbons (Fsp3) is 0.353. The Bertz CT molecular complexity index is 664. The predicted octanol–water partition coefficient (Wildman–Crippen LogP) is 2.44. The first kappa shape index (κ1) is 13.9. The highest BCUT2D eigenvalue weighted by Crippen LogP contribution is 2.34. The third-order valence-corrected chi connectivity index (χ3v) is 4.09. The van der Waals surface area contributed by atoms with Crippen molar-refractivity contribution in [2.24, 2.45) is 5.92 Å². The lowest BCUT2D eigenvalue weighted by Crippen LogP contribution is -2.37. The zero-order valence-electron chi connectivity index (χ0n) is 11.7. The zero-order chi connectivity index (χ0) is 14.8. The maximum Gasteiger partial charge on any atom is 0.255 e. The molecule has 0 saturated heterocycles. The maximum absolute atomic E-state index is 12.4. The summed E-state index contributed by atoms with van der Waals surface area (Å²) in [5.74, 6) is 0.205. The Labute approximate surface area is 123 Å². The highest BCUT2D eigenvalue weighted by molar-refractivity contribution is 6.03. The molecule has 0 aromatic heterocycles. The first-order valence-corrected chi connectivity index (χ1v) is 7.33. The smallest absolute Gasteiger partial charge is 0.255 e. The molecule has 0 spiro atoms. The van der Waals surface area contributed by atoms with Crippen molar-refractivity contribution < 1.29 is 15.0 Å². The van der Waals surface area contributed by atoms with Gasteiger partial charge in [0.25, 0.3) is 5.91 Å². The van der Waals surface area contributed by atoms with E-state index >= 15 is 0 Å². The normalized spacial score (nSPS) is 15.9. The minimum Gasteiger partial charge on any atom is -0.506 e. The van der Waals surface area contributed by atoms with E-state index in [-0.39, 0.29) is 29.9 Å². The first-order valence-electron chi connectivity index (χ1n) is 7.33. The van der Waals surface area contributed by atoms with Crippen LogP contribution in [0.2, 0.25) is 0 Å². The molecule has 3 N–H and O–H groups in total. The summed E-state index contributed by atoms with van der Waals surface area (Å²) >= 11 is 0. The van der Waals surface area contributed by atoms with Crippen LogP contribution >= 0.6 is 0 Å². The summed E-state index contributed by atoms with van der Waals surface area (Å²) in [6.07, 6.45) is 2.74. The second-order valence-electron chi connectivity index (χ2n) is 5.61. The standard InChI is InChI=1S/C17H19NO3/c19-10-9-15(12-5-6-12)18-17(21)14-8-7-11-3-1-2-4-13(11)16(14)20/h1-4,7-8,12,15,19-20H,5-6,9-10H2,(H,18,21). The van der Waals surface area contributed by atoms with Crippen LogP contribution in [0.5, 0.6) is 5.75 Å². The second kappa shape index (κ2) is 5.74. The van der Waals surface area contributed by atoms with Gasteiger partial charge in [-0.15, -0.1) is 0 Å². The van der Waals surface area contributed by atoms with Crippen LogP contribution in [-0.4, -0.2) is 28.8 Å². The molecule has 1 aliphatic carbocycles. The number of phenols is 1. The number of fused-ring (bicyclic) bond motifs is 1.